The van der Waals surface area contributed by atoms with Crippen LogP contribution in [0.3, 0.4) is 0 Å². The number of fused-ring (bicyclic) bond motifs is 4. The number of hydrogen-bond donors (Lipinski definition) is 1. The van der Waals surface area contributed by atoms with Gasteiger partial charge in [0.15, 0.2) is 17.1 Å². The van der Waals surface area contributed by atoms with Crippen molar-refractivity contribution in [2.45, 2.75) is 25.7 Å². The Morgan fingerprint density at radius 2 is 1.73 bits per heavy atom. The summed E-state index contributed by atoms with van der Waals surface area (Å²) in [5.41, 5.74) is 4.61. The maximum Gasteiger partial charge on any atom is 0.238 e. The van der Waals surface area contributed by atoms with Crippen LogP contribution in [0.1, 0.15) is 31.2 Å². The first-order chi connectivity index (χ1) is 21.7. The van der Waals surface area contributed by atoms with Crippen molar-refractivity contribution in [1.29, 1.82) is 0 Å². The minimum Gasteiger partial charge on any atom is -0.508 e. The Labute approximate surface area is 262 Å². The van der Waals surface area contributed by atoms with Gasteiger partial charge in [-0.25, -0.2) is 4.98 Å². The summed E-state index contributed by atoms with van der Waals surface area (Å²) in [6.07, 6.45) is 3.68. The molecule has 1 fully saturated rings. The van der Waals surface area contributed by atoms with Gasteiger partial charge in [0.2, 0.25) is 17.7 Å². The van der Waals surface area contributed by atoms with Gasteiger partial charge in [-0.05, 0) is 86.4 Å². The molecule has 0 radical (unpaired) electrons. The van der Waals surface area contributed by atoms with E-state index in [0.717, 1.165) is 11.1 Å². The van der Waals surface area contributed by atoms with E-state index in [9.17, 15) is 24.3 Å². The quantitative estimate of drug-likeness (QED) is 0.159. The van der Waals surface area contributed by atoms with E-state index in [-0.39, 0.29) is 42.0 Å². The van der Waals surface area contributed by atoms with Crippen molar-refractivity contribution in [3.05, 3.63) is 112 Å². The van der Waals surface area contributed by atoms with Crippen LogP contribution in [0.4, 0.5) is 5.69 Å². The van der Waals surface area contributed by atoms with Crippen LogP contribution < -0.4 is 4.90 Å². The van der Waals surface area contributed by atoms with E-state index in [1.165, 1.54) is 17.0 Å². The molecule has 9 heteroatoms. The number of halogens is 1. The Balaban J connectivity index is 1.17. The molecule has 4 unspecified atom stereocenters. The van der Waals surface area contributed by atoms with Crippen molar-refractivity contribution >= 4 is 51.8 Å². The summed E-state index contributed by atoms with van der Waals surface area (Å²) in [7, 11) is 0. The molecule has 0 saturated carbocycles. The molecule has 45 heavy (non-hydrogen) atoms. The molecular weight excluding hydrogens is 592 g/mol. The Bertz CT molecular complexity index is 2070. The average molecular weight is 617 g/mol. The first-order valence-corrected chi connectivity index (χ1v) is 15.1. The third-order valence-electron chi connectivity index (χ3n) is 9.53. The van der Waals surface area contributed by atoms with Gasteiger partial charge in [-0.15, -0.1) is 0 Å². The highest BCUT2D eigenvalue weighted by molar-refractivity contribution is 6.30. The fourth-order valence-electron chi connectivity index (χ4n) is 7.48. The van der Waals surface area contributed by atoms with Gasteiger partial charge in [-0.1, -0.05) is 35.4 Å². The van der Waals surface area contributed by atoms with Crippen LogP contribution in [0.15, 0.2) is 106 Å². The number of allylic oxidation sites excluding steroid dienone is 6. The number of Topliss-reactive ketones (excluding diaryl/α,β-unsaturated/α-hetero) is 1. The normalized spacial score (nSPS) is 24.4. The fraction of sp³-hybridized carbons (Fsp3) is 0.194. The first-order valence-electron chi connectivity index (χ1n) is 14.7. The number of carbonyl (C=O) groups excluding carboxylic acids is 4. The van der Waals surface area contributed by atoms with Gasteiger partial charge in [0.25, 0.3) is 0 Å². The van der Waals surface area contributed by atoms with Crippen LogP contribution in [-0.4, -0.2) is 33.5 Å². The Morgan fingerprint density at radius 3 is 2.51 bits per heavy atom. The average Bonchev–Trinajstić information content (AvgIpc) is 3.58. The summed E-state index contributed by atoms with van der Waals surface area (Å²) < 4.78 is 5.88. The molecule has 3 aromatic carbocycles. The zero-order chi connectivity index (χ0) is 31.1. The lowest BCUT2D eigenvalue weighted by atomic mass is 9.59. The van der Waals surface area contributed by atoms with Gasteiger partial charge in [0.1, 0.15) is 11.3 Å². The number of rotatable bonds is 3. The summed E-state index contributed by atoms with van der Waals surface area (Å²) in [5, 5.41) is 11.3. The number of oxazole rings is 1. The summed E-state index contributed by atoms with van der Waals surface area (Å²) in [6.45, 7) is 1.60. The second kappa shape index (κ2) is 9.97. The van der Waals surface area contributed by atoms with Crippen LogP contribution in [0.2, 0.25) is 5.02 Å². The van der Waals surface area contributed by atoms with Crippen molar-refractivity contribution in [3.8, 4) is 17.2 Å². The van der Waals surface area contributed by atoms with Crippen LogP contribution in [0.25, 0.3) is 22.6 Å². The Hall–Kier alpha value is -5.08. The molecule has 0 bridgehead atoms. The number of aromatic nitrogens is 1. The van der Waals surface area contributed by atoms with E-state index in [1.54, 1.807) is 43.3 Å². The largest absolute Gasteiger partial charge is 0.508 e. The highest BCUT2D eigenvalue weighted by Crippen LogP contribution is 2.56. The number of ketones is 2. The molecule has 8 rings (SSSR count). The van der Waals surface area contributed by atoms with Crippen molar-refractivity contribution in [2.24, 2.45) is 17.8 Å². The fourth-order valence-corrected chi connectivity index (χ4v) is 7.66. The van der Waals surface area contributed by atoms with Crippen LogP contribution in [0.5, 0.6) is 5.75 Å². The second-order valence-electron chi connectivity index (χ2n) is 12.0. The molecule has 4 aliphatic rings. The number of para-hydroxylation sites is 2. The Morgan fingerprint density at radius 1 is 0.956 bits per heavy atom. The van der Waals surface area contributed by atoms with Gasteiger partial charge in [0.05, 0.1) is 17.5 Å². The lowest BCUT2D eigenvalue weighted by molar-refractivity contribution is -0.123. The monoisotopic (exact) mass is 616 g/mol. The molecule has 2 heterocycles. The van der Waals surface area contributed by atoms with Crippen LogP contribution in [0, 0.1) is 17.8 Å². The second-order valence-corrected chi connectivity index (χ2v) is 12.4. The maximum atomic E-state index is 14.2. The van der Waals surface area contributed by atoms with Gasteiger partial charge in [-0.3, -0.25) is 24.1 Å². The van der Waals surface area contributed by atoms with Gasteiger partial charge in [-0.2, -0.15) is 0 Å². The molecule has 222 valence electrons. The molecule has 1 aliphatic heterocycles. The van der Waals surface area contributed by atoms with Crippen LogP contribution in [-0.2, 0) is 19.2 Å². The standard InChI is InChI=1S/C36H25ClN2O6/c1-17-14-28(41)25-16-23-21(30(32(25)33(17)42)24-15-19(37)8-13-27(24)40)11-12-22-31(23)36(44)39(35(22)43)20-9-6-18(7-10-20)34-38-26-4-2-3-5-29(26)45-34/h2-11,13-15,22-23,30-31,40H,12,16H2,1H3. The minimum atomic E-state index is -0.772. The molecule has 0 spiro atoms. The van der Waals surface area contributed by atoms with E-state index in [0.29, 0.717) is 50.0 Å². The predicted octanol–water partition coefficient (Wildman–Crippen LogP) is 6.49. The van der Waals surface area contributed by atoms with E-state index in [1.807, 2.05) is 30.3 Å². The van der Waals surface area contributed by atoms with Crippen LogP contribution >= 0.6 is 11.6 Å². The molecular formula is C36H25ClN2O6. The van der Waals surface area contributed by atoms with Gasteiger partial charge in [0, 0.05) is 38.8 Å². The number of amides is 2. The van der Waals surface area contributed by atoms with Crippen molar-refractivity contribution < 1.29 is 28.7 Å². The topological polar surface area (TPSA) is 118 Å². The molecule has 4 aromatic rings. The zero-order valence-corrected chi connectivity index (χ0v) is 24.7. The highest BCUT2D eigenvalue weighted by atomic mass is 35.5. The summed E-state index contributed by atoms with van der Waals surface area (Å²) in [5.74, 6) is -3.51. The SMILES string of the molecule is CC1=CC(=O)C2=C(C1=O)C(c1cc(Cl)ccc1O)C1=CCC3C(=O)N(c4ccc(-c5nc6ccccc6o5)cc4)C(=O)C3C1C2. The molecule has 4 atom stereocenters. The first kappa shape index (κ1) is 27.5. The third kappa shape index (κ3) is 4.09. The summed E-state index contributed by atoms with van der Waals surface area (Å²) >= 11 is 6.34. The number of nitrogens with zero attached hydrogens (tertiary/aromatic N) is 2. The number of aromatic hydroxyl groups is 1. The lowest BCUT2D eigenvalue weighted by Crippen LogP contribution is -2.39. The van der Waals surface area contributed by atoms with E-state index >= 15 is 0 Å². The number of phenols is 1. The number of imide groups is 1. The van der Waals surface area contributed by atoms with E-state index in [2.05, 4.69) is 4.98 Å². The molecule has 1 saturated heterocycles. The highest BCUT2D eigenvalue weighted by Gasteiger charge is 2.56. The Kier molecular flexibility index (Phi) is 6.09. The van der Waals surface area contributed by atoms with Crippen molar-refractivity contribution in [2.75, 3.05) is 4.90 Å². The van der Waals surface area contributed by atoms with E-state index < -0.39 is 23.7 Å². The summed E-state index contributed by atoms with van der Waals surface area (Å²) in [6, 6.07) is 19.0. The van der Waals surface area contributed by atoms with E-state index in [4.69, 9.17) is 16.0 Å². The molecule has 1 N–H and O–H groups in total. The molecule has 3 aliphatic carbocycles. The predicted molar refractivity (Wildman–Crippen MR) is 166 cm³/mol. The number of anilines is 1. The third-order valence-corrected chi connectivity index (χ3v) is 9.77. The van der Waals surface area contributed by atoms with Crippen molar-refractivity contribution in [3.63, 3.8) is 0 Å². The number of phenolic OH excluding ortho intramolecular Hbond substituents is 1. The molecule has 1 aromatic heterocycles. The summed E-state index contributed by atoms with van der Waals surface area (Å²) in [4.78, 5) is 60.7. The molecule has 8 nitrogen and oxygen atoms in total. The van der Waals surface area contributed by atoms with Crippen molar-refractivity contribution in [1.82, 2.24) is 4.98 Å². The maximum absolute atomic E-state index is 14.2. The minimum absolute atomic E-state index is 0.0677. The smallest absolute Gasteiger partial charge is 0.238 e. The van der Waals surface area contributed by atoms with Gasteiger partial charge >= 0.3 is 0 Å². The number of benzene rings is 3. The molecule has 2 amide bonds. The zero-order valence-electron chi connectivity index (χ0n) is 24.0. The number of carbonyl (C=O) groups is 4. The van der Waals surface area contributed by atoms with Gasteiger partial charge < -0.3 is 9.52 Å². The lowest BCUT2D eigenvalue weighted by Gasteiger charge is -2.42. The number of hydrogen-bond acceptors (Lipinski definition) is 7.